The summed E-state index contributed by atoms with van der Waals surface area (Å²) in [6.07, 6.45) is 2.03. The quantitative estimate of drug-likeness (QED) is 0.727. The Balaban J connectivity index is 1.48. The molecule has 2 aromatic rings. The third kappa shape index (κ3) is 5.10. The number of hydrogen-bond donors (Lipinski definition) is 1. The molecule has 7 heteroatoms. The largest absolute Gasteiger partial charge is 0.395 e. The number of halogens is 3. The van der Waals surface area contributed by atoms with Crippen LogP contribution in [0.1, 0.15) is 25.1 Å². The highest BCUT2D eigenvalue weighted by atomic mass is 19.4. The van der Waals surface area contributed by atoms with Crippen molar-refractivity contribution >= 4 is 5.57 Å². The van der Waals surface area contributed by atoms with Crippen LogP contribution in [0.25, 0.3) is 17.0 Å². The summed E-state index contributed by atoms with van der Waals surface area (Å²) < 4.78 is 40.0. The fourth-order valence-corrected chi connectivity index (χ4v) is 4.30. The van der Waals surface area contributed by atoms with Crippen molar-refractivity contribution in [2.45, 2.75) is 26.6 Å². The highest BCUT2D eigenvalue weighted by molar-refractivity contribution is 5.74. The van der Waals surface area contributed by atoms with Gasteiger partial charge < -0.3 is 9.88 Å². The van der Waals surface area contributed by atoms with E-state index in [1.807, 2.05) is 12.1 Å². The number of allylic oxidation sites excluding steroid dienone is 4. The van der Waals surface area contributed by atoms with E-state index in [1.165, 1.54) is 11.6 Å². The van der Waals surface area contributed by atoms with Gasteiger partial charge in [-0.2, -0.15) is 13.2 Å². The maximum Gasteiger partial charge on any atom is 0.395 e. The van der Waals surface area contributed by atoms with Crippen LogP contribution in [0.5, 0.6) is 0 Å². The molecule has 2 atom stereocenters. The van der Waals surface area contributed by atoms with E-state index in [0.717, 1.165) is 44.8 Å². The summed E-state index contributed by atoms with van der Waals surface area (Å²) in [5.74, 6) is -1.37. The van der Waals surface area contributed by atoms with Crippen molar-refractivity contribution < 1.29 is 13.2 Å². The first-order valence-corrected chi connectivity index (χ1v) is 10.9. The van der Waals surface area contributed by atoms with E-state index >= 15 is 0 Å². The third-order valence-corrected chi connectivity index (χ3v) is 6.29. The lowest BCUT2D eigenvalue weighted by Crippen LogP contribution is -2.45. The van der Waals surface area contributed by atoms with E-state index in [2.05, 4.69) is 38.8 Å². The first kappa shape index (κ1) is 21.8. The van der Waals surface area contributed by atoms with E-state index in [9.17, 15) is 13.2 Å². The molecule has 4 nitrogen and oxygen atoms in total. The Kier molecular flexibility index (Phi) is 6.34. The Morgan fingerprint density at radius 1 is 1.13 bits per heavy atom. The molecule has 2 unspecified atom stereocenters. The maximum atomic E-state index is 13.3. The fraction of sp³-hybridized carbons (Fsp3) is 0.458. The Morgan fingerprint density at radius 2 is 1.87 bits per heavy atom. The van der Waals surface area contributed by atoms with Crippen LogP contribution in [0.2, 0.25) is 0 Å². The lowest BCUT2D eigenvalue weighted by molar-refractivity contribution is -0.168. The van der Waals surface area contributed by atoms with Gasteiger partial charge in [0.15, 0.2) is 0 Å². The van der Waals surface area contributed by atoms with Gasteiger partial charge in [-0.25, -0.2) is 4.98 Å². The number of nitrogens with one attached hydrogen (secondary N) is 1. The van der Waals surface area contributed by atoms with Gasteiger partial charge in [0.05, 0.1) is 17.8 Å². The van der Waals surface area contributed by atoms with Crippen LogP contribution in [0.4, 0.5) is 13.2 Å². The molecule has 4 rings (SSSR count). The number of aromatic nitrogens is 2. The molecule has 1 aromatic heterocycles. The molecular formula is C24H29F3N4. The van der Waals surface area contributed by atoms with Gasteiger partial charge in [-0.15, -0.1) is 0 Å². The van der Waals surface area contributed by atoms with Crippen molar-refractivity contribution in [1.29, 1.82) is 0 Å². The van der Waals surface area contributed by atoms with Gasteiger partial charge in [0, 0.05) is 38.3 Å². The fourth-order valence-electron chi connectivity index (χ4n) is 4.30. The predicted molar refractivity (Wildman–Crippen MR) is 117 cm³/mol. The summed E-state index contributed by atoms with van der Waals surface area (Å²) in [4.78, 5) is 12.6. The van der Waals surface area contributed by atoms with E-state index < -0.39 is 18.0 Å². The number of benzene rings is 1. The Labute approximate surface area is 181 Å². The van der Waals surface area contributed by atoms with Crippen LogP contribution in [0.3, 0.4) is 0 Å². The van der Waals surface area contributed by atoms with Gasteiger partial charge in [0.2, 0.25) is 0 Å². The lowest BCUT2D eigenvalue weighted by Gasteiger charge is -2.34. The first-order valence-electron chi connectivity index (χ1n) is 10.9. The van der Waals surface area contributed by atoms with Gasteiger partial charge in [-0.3, -0.25) is 4.90 Å². The van der Waals surface area contributed by atoms with E-state index in [0.29, 0.717) is 17.1 Å². The van der Waals surface area contributed by atoms with E-state index in [-0.39, 0.29) is 0 Å². The van der Waals surface area contributed by atoms with Crippen LogP contribution in [0, 0.1) is 11.8 Å². The molecule has 0 amide bonds. The first-order chi connectivity index (χ1) is 14.8. The predicted octanol–water partition coefficient (Wildman–Crippen LogP) is 4.98. The Hall–Kier alpha value is -2.38. The van der Waals surface area contributed by atoms with E-state index in [1.54, 1.807) is 25.3 Å². The van der Waals surface area contributed by atoms with Gasteiger partial charge in [0.25, 0.3) is 0 Å². The maximum absolute atomic E-state index is 13.3. The van der Waals surface area contributed by atoms with Crippen molar-refractivity contribution in [2.75, 3.05) is 32.7 Å². The molecule has 31 heavy (non-hydrogen) atoms. The molecule has 1 fully saturated rings. The molecule has 0 bridgehead atoms. The van der Waals surface area contributed by atoms with Gasteiger partial charge >= 0.3 is 6.18 Å². The monoisotopic (exact) mass is 430 g/mol. The minimum atomic E-state index is -4.25. The molecule has 1 saturated heterocycles. The summed E-state index contributed by atoms with van der Waals surface area (Å²) in [6, 6.07) is 8.21. The number of imidazole rings is 1. The molecule has 1 N–H and O–H groups in total. The summed E-state index contributed by atoms with van der Waals surface area (Å²) in [5, 5.41) is 0. The molecule has 0 saturated carbocycles. The molecule has 2 aliphatic rings. The van der Waals surface area contributed by atoms with Crippen molar-refractivity contribution in [2.24, 2.45) is 11.8 Å². The topological polar surface area (TPSA) is 35.2 Å². The summed E-state index contributed by atoms with van der Waals surface area (Å²) in [7, 11) is 0. The molecular weight excluding hydrogens is 401 g/mol. The van der Waals surface area contributed by atoms with Crippen LogP contribution in [-0.2, 0) is 6.54 Å². The van der Waals surface area contributed by atoms with Crippen LogP contribution in [0.15, 0.2) is 48.7 Å². The molecule has 0 radical (unpaired) electrons. The highest BCUT2D eigenvalue weighted by Crippen LogP contribution is 2.39. The average Bonchev–Trinajstić information content (AvgIpc) is 3.24. The molecule has 1 aliphatic heterocycles. The van der Waals surface area contributed by atoms with Gasteiger partial charge in [-0.1, -0.05) is 50.3 Å². The van der Waals surface area contributed by atoms with Crippen molar-refractivity contribution in [1.82, 2.24) is 19.8 Å². The number of alkyl halides is 3. The molecule has 0 spiro atoms. The van der Waals surface area contributed by atoms with Crippen LogP contribution >= 0.6 is 0 Å². The zero-order valence-corrected chi connectivity index (χ0v) is 18.0. The summed E-state index contributed by atoms with van der Waals surface area (Å²) in [6.45, 7) is 10.1. The summed E-state index contributed by atoms with van der Waals surface area (Å²) in [5.41, 5.74) is 3.29. The number of nitrogens with zero attached hydrogens (tertiary/aromatic N) is 3. The second-order valence-corrected chi connectivity index (χ2v) is 8.46. The molecule has 166 valence electrons. The highest BCUT2D eigenvalue weighted by Gasteiger charge is 2.42. The minimum Gasteiger partial charge on any atom is -0.338 e. The van der Waals surface area contributed by atoms with Gasteiger partial charge in [-0.05, 0) is 29.7 Å². The van der Waals surface area contributed by atoms with Crippen molar-refractivity contribution in [3.8, 4) is 11.4 Å². The van der Waals surface area contributed by atoms with Crippen molar-refractivity contribution in [3.63, 3.8) is 0 Å². The number of piperazine rings is 1. The van der Waals surface area contributed by atoms with Crippen molar-refractivity contribution in [3.05, 3.63) is 59.9 Å². The number of likely N-dealkylation sites (N-methyl/N-ethyl adjacent to an activating group) is 1. The third-order valence-electron chi connectivity index (χ3n) is 6.29. The second-order valence-electron chi connectivity index (χ2n) is 8.46. The molecule has 2 heterocycles. The zero-order valence-electron chi connectivity index (χ0n) is 18.0. The second kappa shape index (κ2) is 9.01. The van der Waals surface area contributed by atoms with Crippen LogP contribution < -0.4 is 0 Å². The molecule has 1 aliphatic carbocycles. The molecule has 1 aromatic carbocycles. The zero-order chi connectivity index (χ0) is 22.0. The Bertz CT molecular complexity index is 952. The normalized spacial score (nSPS) is 23.2. The van der Waals surface area contributed by atoms with Crippen LogP contribution in [-0.4, -0.2) is 58.7 Å². The average molecular weight is 431 g/mol. The van der Waals surface area contributed by atoms with Gasteiger partial charge in [0.1, 0.15) is 5.82 Å². The van der Waals surface area contributed by atoms with E-state index in [4.69, 9.17) is 0 Å². The number of hydrogen-bond acceptors (Lipinski definition) is 3. The smallest absolute Gasteiger partial charge is 0.338 e. The summed E-state index contributed by atoms with van der Waals surface area (Å²) >= 11 is 0. The number of rotatable bonds is 5. The Morgan fingerprint density at radius 3 is 2.58 bits per heavy atom. The number of aromatic amines is 1. The minimum absolute atomic E-state index is 0.532. The lowest BCUT2D eigenvalue weighted by atomic mass is 9.86. The number of H-pyrrole nitrogens is 1. The SMILES string of the molecule is CCN1CCN(Cc2cccc(-c3ncc(C4=CC(C(F)(F)F)C(C)C=C4)[nH]3)c2)CC1. The standard InChI is InChI=1S/C24H29F3N4/c1-3-30-9-11-31(12-10-30)16-18-5-4-6-20(13-18)23-28-15-22(29-23)19-8-7-17(2)21(14-19)24(25,26)27/h4-8,13-15,17,21H,3,9-12,16H2,1-2H3,(H,28,29).